The summed E-state index contributed by atoms with van der Waals surface area (Å²) in [6.45, 7) is 1.04. The molecule has 1 aliphatic heterocycles. The van der Waals surface area contributed by atoms with Crippen LogP contribution in [0.15, 0.2) is 16.3 Å². The number of benzene rings is 1. The van der Waals surface area contributed by atoms with Crippen LogP contribution in [0.5, 0.6) is 0 Å². The van der Waals surface area contributed by atoms with Crippen molar-refractivity contribution in [2.75, 3.05) is 5.32 Å². The summed E-state index contributed by atoms with van der Waals surface area (Å²) in [5, 5.41) is 15.5. The van der Waals surface area contributed by atoms with Crippen molar-refractivity contribution in [3.63, 3.8) is 0 Å². The minimum atomic E-state index is -5.04. The summed E-state index contributed by atoms with van der Waals surface area (Å²) in [4.78, 5) is 12.3. The molecule has 0 aliphatic carbocycles. The van der Waals surface area contributed by atoms with E-state index in [2.05, 4.69) is 10.2 Å². The molecular weight excluding hydrogens is 425 g/mol. The Kier molecular flexibility index (Phi) is 5.38. The molecule has 1 aliphatic rings. The zero-order valence-corrected chi connectivity index (χ0v) is 14.6. The van der Waals surface area contributed by atoms with Gasteiger partial charge < -0.3 is 5.32 Å². The third-order valence-electron chi connectivity index (χ3n) is 3.74. The van der Waals surface area contributed by atoms with E-state index in [-0.39, 0.29) is 0 Å². The average molecular weight is 433 g/mol. The number of halogens is 8. The molecular formula is C14H8Cl2F6N4O. The summed E-state index contributed by atoms with van der Waals surface area (Å²) in [6.07, 6.45) is -10.6. The van der Waals surface area contributed by atoms with Gasteiger partial charge in [0, 0.05) is 6.42 Å². The second-order valence-corrected chi connectivity index (χ2v) is 6.57. The molecule has 27 heavy (non-hydrogen) atoms. The van der Waals surface area contributed by atoms with Gasteiger partial charge in [0.2, 0.25) is 0 Å². The van der Waals surface area contributed by atoms with Gasteiger partial charge in [0.05, 0.1) is 32.9 Å². The van der Waals surface area contributed by atoms with E-state index in [0.717, 1.165) is 6.92 Å². The standard InChI is InChI=1S/C14H8Cl2F6N4O/c1-12(3-7(25-26-12)13(17,18)19)11(27)24-10-6(15)2-5(4-23)8(9(10)16)14(20,21)22/h2,7H,3H2,1H3,(H,24,27). The number of hydrogen-bond acceptors (Lipinski definition) is 4. The van der Waals surface area contributed by atoms with E-state index >= 15 is 0 Å². The fraction of sp³-hybridized carbons (Fsp3) is 0.429. The Hall–Kier alpha value is -2.06. The molecule has 13 heteroatoms. The molecule has 2 unspecified atom stereocenters. The van der Waals surface area contributed by atoms with Gasteiger partial charge in [-0.1, -0.05) is 23.2 Å². The molecule has 1 aromatic carbocycles. The van der Waals surface area contributed by atoms with E-state index in [4.69, 9.17) is 28.5 Å². The highest BCUT2D eigenvalue weighted by Gasteiger charge is 2.51. The Morgan fingerprint density at radius 3 is 2.37 bits per heavy atom. The van der Waals surface area contributed by atoms with Crippen LogP contribution in [-0.4, -0.2) is 23.7 Å². The van der Waals surface area contributed by atoms with Crippen LogP contribution in [0, 0.1) is 11.3 Å². The molecule has 2 atom stereocenters. The molecule has 1 amide bonds. The monoisotopic (exact) mass is 432 g/mol. The molecule has 0 saturated carbocycles. The van der Waals surface area contributed by atoms with E-state index in [1.165, 1.54) is 6.07 Å². The highest BCUT2D eigenvalue weighted by atomic mass is 35.5. The van der Waals surface area contributed by atoms with Gasteiger partial charge in [-0.3, -0.25) is 4.79 Å². The smallest absolute Gasteiger partial charge is 0.321 e. The quantitative estimate of drug-likeness (QED) is 0.637. The Morgan fingerprint density at radius 1 is 1.33 bits per heavy atom. The zero-order valence-electron chi connectivity index (χ0n) is 13.1. The first kappa shape index (κ1) is 21.2. The molecule has 1 N–H and O–H groups in total. The van der Waals surface area contributed by atoms with Crippen LogP contribution in [0.3, 0.4) is 0 Å². The van der Waals surface area contributed by atoms with Gasteiger partial charge in [-0.2, -0.15) is 41.8 Å². The number of rotatable bonds is 2. The SMILES string of the molecule is CC1(C(=O)Nc2c(Cl)cc(C#N)c(C(F)(F)F)c2Cl)CC(C(F)(F)F)N=N1. The van der Waals surface area contributed by atoms with Crippen molar-refractivity contribution in [3.05, 3.63) is 27.2 Å². The van der Waals surface area contributed by atoms with Gasteiger partial charge in [-0.15, -0.1) is 0 Å². The van der Waals surface area contributed by atoms with Crippen molar-refractivity contribution in [3.8, 4) is 6.07 Å². The molecule has 0 bridgehead atoms. The van der Waals surface area contributed by atoms with E-state index < -0.39 is 63.1 Å². The number of carbonyl (C=O) groups excluding carboxylic acids is 1. The second-order valence-electron chi connectivity index (χ2n) is 5.78. The Morgan fingerprint density at radius 2 is 1.93 bits per heavy atom. The molecule has 0 saturated heterocycles. The maximum atomic E-state index is 13.2. The van der Waals surface area contributed by atoms with Crippen LogP contribution in [0.25, 0.3) is 0 Å². The lowest BCUT2D eigenvalue weighted by Crippen LogP contribution is -2.40. The van der Waals surface area contributed by atoms with Gasteiger partial charge in [-0.25, -0.2) is 0 Å². The first-order valence-corrected chi connectivity index (χ1v) is 7.76. The highest BCUT2D eigenvalue weighted by molar-refractivity contribution is 6.40. The topological polar surface area (TPSA) is 77.6 Å². The molecule has 146 valence electrons. The predicted molar refractivity (Wildman–Crippen MR) is 82.5 cm³/mol. The van der Waals surface area contributed by atoms with Crippen molar-refractivity contribution >= 4 is 34.8 Å². The first-order valence-electron chi connectivity index (χ1n) is 7.00. The normalized spacial score (nSPS) is 22.6. The van der Waals surface area contributed by atoms with Crippen molar-refractivity contribution in [1.29, 1.82) is 5.26 Å². The fourth-order valence-corrected chi connectivity index (χ4v) is 2.98. The molecule has 0 fully saturated rings. The summed E-state index contributed by atoms with van der Waals surface area (Å²) >= 11 is 11.5. The van der Waals surface area contributed by atoms with Crippen LogP contribution in [-0.2, 0) is 11.0 Å². The van der Waals surface area contributed by atoms with Crippen LogP contribution >= 0.6 is 23.2 Å². The number of alkyl halides is 6. The lowest BCUT2D eigenvalue weighted by molar-refractivity contribution is -0.148. The highest BCUT2D eigenvalue weighted by Crippen LogP contribution is 2.45. The number of carbonyl (C=O) groups is 1. The average Bonchev–Trinajstić information content (AvgIpc) is 2.93. The maximum absolute atomic E-state index is 13.2. The molecule has 1 heterocycles. The molecule has 2 rings (SSSR count). The summed E-state index contributed by atoms with van der Waals surface area (Å²) in [6, 6.07) is -0.286. The molecule has 0 aromatic heterocycles. The van der Waals surface area contributed by atoms with Crippen LogP contribution in [0.2, 0.25) is 10.0 Å². The van der Waals surface area contributed by atoms with Crippen LogP contribution < -0.4 is 5.32 Å². The summed E-state index contributed by atoms with van der Waals surface area (Å²) in [7, 11) is 0. The maximum Gasteiger partial charge on any atom is 0.419 e. The Balaban J connectivity index is 2.40. The van der Waals surface area contributed by atoms with Crippen LogP contribution in [0.1, 0.15) is 24.5 Å². The number of nitrogens with zero attached hydrogens (tertiary/aromatic N) is 3. The molecule has 0 spiro atoms. The van der Waals surface area contributed by atoms with Gasteiger partial charge in [0.15, 0.2) is 11.6 Å². The Bertz CT molecular complexity index is 861. The summed E-state index contributed by atoms with van der Waals surface area (Å²) < 4.78 is 77.6. The van der Waals surface area contributed by atoms with Crippen molar-refractivity contribution in [1.82, 2.24) is 0 Å². The van der Waals surface area contributed by atoms with E-state index in [9.17, 15) is 31.1 Å². The number of azo groups is 1. The third-order valence-corrected chi connectivity index (χ3v) is 4.41. The third kappa shape index (κ3) is 4.11. The Labute approximate surface area is 157 Å². The first-order chi connectivity index (χ1) is 12.2. The lowest BCUT2D eigenvalue weighted by Gasteiger charge is -2.22. The van der Waals surface area contributed by atoms with Gasteiger partial charge in [0.25, 0.3) is 5.91 Å². The van der Waals surface area contributed by atoms with Crippen molar-refractivity contribution in [2.45, 2.75) is 37.3 Å². The fourth-order valence-electron chi connectivity index (χ4n) is 2.32. The lowest BCUT2D eigenvalue weighted by atomic mass is 9.94. The number of nitriles is 1. The largest absolute Gasteiger partial charge is 0.419 e. The van der Waals surface area contributed by atoms with Gasteiger partial charge in [-0.05, 0) is 13.0 Å². The molecule has 1 aromatic rings. The number of hydrogen-bond donors (Lipinski definition) is 1. The van der Waals surface area contributed by atoms with Gasteiger partial charge in [0.1, 0.15) is 0 Å². The van der Waals surface area contributed by atoms with Crippen LogP contribution in [0.4, 0.5) is 32.0 Å². The van der Waals surface area contributed by atoms with E-state index in [1.807, 2.05) is 5.32 Å². The minimum absolute atomic E-state index is 0.496. The molecule has 0 radical (unpaired) electrons. The minimum Gasteiger partial charge on any atom is -0.321 e. The number of nitrogens with one attached hydrogen (secondary N) is 1. The van der Waals surface area contributed by atoms with Crippen molar-refractivity contribution < 1.29 is 31.1 Å². The van der Waals surface area contributed by atoms with Gasteiger partial charge >= 0.3 is 12.4 Å². The second kappa shape index (κ2) is 6.83. The zero-order chi connectivity index (χ0) is 20.8. The number of anilines is 1. The summed E-state index contributed by atoms with van der Waals surface area (Å²) in [5.74, 6) is -1.18. The number of amides is 1. The van der Waals surface area contributed by atoms with E-state index in [1.54, 1.807) is 0 Å². The van der Waals surface area contributed by atoms with Crippen molar-refractivity contribution in [2.24, 2.45) is 10.2 Å². The predicted octanol–water partition coefficient (Wildman–Crippen LogP) is 5.37. The molecule has 5 nitrogen and oxygen atoms in total. The summed E-state index contributed by atoms with van der Waals surface area (Å²) in [5.41, 5.74) is -5.09. The van der Waals surface area contributed by atoms with E-state index in [0.29, 0.717) is 6.07 Å².